The highest BCUT2D eigenvalue weighted by atomic mass is 16.5. The Morgan fingerprint density at radius 1 is 1.62 bits per heavy atom. The summed E-state index contributed by atoms with van der Waals surface area (Å²) in [5, 5.41) is 2.76. The van der Waals surface area contributed by atoms with E-state index in [2.05, 4.69) is 5.32 Å². The van der Waals surface area contributed by atoms with Crippen molar-refractivity contribution in [3.05, 3.63) is 0 Å². The minimum absolute atomic E-state index is 0.00462. The van der Waals surface area contributed by atoms with Crippen molar-refractivity contribution < 1.29 is 9.53 Å². The molecule has 1 heterocycles. The number of carbonyl (C=O) groups is 1. The van der Waals surface area contributed by atoms with Crippen LogP contribution in [0, 0.1) is 0 Å². The van der Waals surface area contributed by atoms with Crippen molar-refractivity contribution in [1.82, 2.24) is 10.2 Å². The standard InChI is InChI=1S/C8H17N3O2/c1-7(9)6-10-8(12)11-2-4-13-5-3-11/h7H,2-6,9H2,1H3,(H,10,12). The number of nitrogens with zero attached hydrogens (tertiary/aromatic N) is 1. The number of urea groups is 1. The largest absolute Gasteiger partial charge is 0.378 e. The summed E-state index contributed by atoms with van der Waals surface area (Å²) in [5.74, 6) is 0. The number of morpholine rings is 1. The Balaban J connectivity index is 2.21. The van der Waals surface area contributed by atoms with Gasteiger partial charge in [-0.15, -0.1) is 0 Å². The third-order valence-electron chi connectivity index (χ3n) is 1.87. The van der Waals surface area contributed by atoms with Gasteiger partial charge >= 0.3 is 6.03 Å². The third kappa shape index (κ3) is 3.61. The van der Waals surface area contributed by atoms with E-state index in [9.17, 15) is 4.79 Å². The summed E-state index contributed by atoms with van der Waals surface area (Å²) in [6, 6.07) is -0.0365. The smallest absolute Gasteiger partial charge is 0.317 e. The first-order valence-corrected chi connectivity index (χ1v) is 4.56. The van der Waals surface area contributed by atoms with Gasteiger partial charge in [-0.05, 0) is 6.92 Å². The highest BCUT2D eigenvalue weighted by Gasteiger charge is 2.15. The number of nitrogens with one attached hydrogen (secondary N) is 1. The Morgan fingerprint density at radius 3 is 2.77 bits per heavy atom. The van der Waals surface area contributed by atoms with E-state index in [-0.39, 0.29) is 12.1 Å². The van der Waals surface area contributed by atoms with E-state index in [1.807, 2.05) is 6.92 Å². The summed E-state index contributed by atoms with van der Waals surface area (Å²) in [4.78, 5) is 13.1. The van der Waals surface area contributed by atoms with E-state index in [0.717, 1.165) is 0 Å². The molecule has 0 aromatic carbocycles. The van der Waals surface area contributed by atoms with Crippen LogP contribution < -0.4 is 11.1 Å². The Morgan fingerprint density at radius 2 is 2.23 bits per heavy atom. The highest BCUT2D eigenvalue weighted by Crippen LogP contribution is 1.96. The minimum Gasteiger partial charge on any atom is -0.378 e. The van der Waals surface area contributed by atoms with E-state index >= 15 is 0 Å². The van der Waals surface area contributed by atoms with Gasteiger partial charge in [0.2, 0.25) is 0 Å². The maximum atomic E-state index is 11.4. The zero-order chi connectivity index (χ0) is 9.68. The number of rotatable bonds is 2. The fraction of sp³-hybridized carbons (Fsp3) is 0.875. The van der Waals surface area contributed by atoms with Gasteiger partial charge in [-0.3, -0.25) is 0 Å². The third-order valence-corrected chi connectivity index (χ3v) is 1.87. The van der Waals surface area contributed by atoms with Gasteiger partial charge in [0.25, 0.3) is 0 Å². The molecule has 5 nitrogen and oxygen atoms in total. The first-order chi connectivity index (χ1) is 6.20. The molecule has 1 fully saturated rings. The molecule has 3 N–H and O–H groups in total. The molecule has 1 saturated heterocycles. The van der Waals surface area contributed by atoms with Gasteiger partial charge in [0.05, 0.1) is 13.2 Å². The van der Waals surface area contributed by atoms with Crippen molar-refractivity contribution in [2.45, 2.75) is 13.0 Å². The number of hydrogen-bond donors (Lipinski definition) is 2. The molecule has 0 bridgehead atoms. The van der Waals surface area contributed by atoms with Crippen LogP contribution in [0.2, 0.25) is 0 Å². The molecule has 1 aliphatic heterocycles. The molecule has 0 saturated carbocycles. The number of hydrogen-bond acceptors (Lipinski definition) is 3. The van der Waals surface area contributed by atoms with Crippen LogP contribution in [-0.2, 0) is 4.74 Å². The molecule has 0 aliphatic carbocycles. The van der Waals surface area contributed by atoms with Crippen molar-refractivity contribution in [3.8, 4) is 0 Å². The van der Waals surface area contributed by atoms with Crippen LogP contribution in [0.4, 0.5) is 4.79 Å². The van der Waals surface area contributed by atoms with Crippen molar-refractivity contribution in [2.75, 3.05) is 32.8 Å². The number of amides is 2. The van der Waals surface area contributed by atoms with Gasteiger partial charge in [-0.1, -0.05) is 0 Å². The molecule has 1 atom stereocenters. The maximum absolute atomic E-state index is 11.4. The minimum atomic E-state index is -0.0411. The second kappa shape index (κ2) is 5.04. The van der Waals surface area contributed by atoms with Gasteiger partial charge in [-0.25, -0.2) is 4.79 Å². The van der Waals surface area contributed by atoms with Crippen molar-refractivity contribution in [2.24, 2.45) is 5.73 Å². The van der Waals surface area contributed by atoms with Crippen LogP contribution in [0.5, 0.6) is 0 Å². The summed E-state index contributed by atoms with van der Waals surface area (Å²) in [5.41, 5.74) is 5.51. The number of carbonyl (C=O) groups excluding carboxylic acids is 1. The van der Waals surface area contributed by atoms with Crippen LogP contribution in [0.25, 0.3) is 0 Å². The lowest BCUT2D eigenvalue weighted by atomic mass is 10.3. The summed E-state index contributed by atoms with van der Waals surface area (Å²) in [7, 11) is 0. The lowest BCUT2D eigenvalue weighted by Crippen LogP contribution is -2.48. The van der Waals surface area contributed by atoms with Gasteiger partial charge in [-0.2, -0.15) is 0 Å². The van der Waals surface area contributed by atoms with Gasteiger partial charge in [0.1, 0.15) is 0 Å². The summed E-state index contributed by atoms with van der Waals surface area (Å²) in [6.45, 7) is 4.99. The fourth-order valence-corrected chi connectivity index (χ4v) is 1.13. The van der Waals surface area contributed by atoms with Crippen molar-refractivity contribution >= 4 is 6.03 Å². The molecular formula is C8H17N3O2. The monoisotopic (exact) mass is 187 g/mol. The Labute approximate surface area is 78.2 Å². The maximum Gasteiger partial charge on any atom is 0.317 e. The number of ether oxygens (including phenoxy) is 1. The zero-order valence-corrected chi connectivity index (χ0v) is 7.95. The lowest BCUT2D eigenvalue weighted by Gasteiger charge is -2.27. The predicted molar refractivity (Wildman–Crippen MR) is 49.4 cm³/mol. The second-order valence-corrected chi connectivity index (χ2v) is 3.26. The molecule has 13 heavy (non-hydrogen) atoms. The molecule has 76 valence electrons. The quantitative estimate of drug-likeness (QED) is 0.605. The van der Waals surface area contributed by atoms with Crippen molar-refractivity contribution in [3.63, 3.8) is 0 Å². The summed E-state index contributed by atoms with van der Waals surface area (Å²) >= 11 is 0. The van der Waals surface area contributed by atoms with E-state index in [0.29, 0.717) is 32.8 Å². The lowest BCUT2D eigenvalue weighted by molar-refractivity contribution is 0.0532. The Bertz CT molecular complexity index is 167. The average molecular weight is 187 g/mol. The Hall–Kier alpha value is -0.810. The molecule has 2 amide bonds. The average Bonchev–Trinajstić information content (AvgIpc) is 2.15. The van der Waals surface area contributed by atoms with Crippen LogP contribution >= 0.6 is 0 Å². The predicted octanol–water partition coefficient (Wildman–Crippen LogP) is -0.625. The normalized spacial score (nSPS) is 19.7. The second-order valence-electron chi connectivity index (χ2n) is 3.26. The SMILES string of the molecule is CC(N)CNC(=O)N1CCOCC1. The van der Waals surface area contributed by atoms with E-state index in [4.69, 9.17) is 10.5 Å². The topological polar surface area (TPSA) is 67.6 Å². The van der Waals surface area contributed by atoms with Gasteiger partial charge in [0.15, 0.2) is 0 Å². The van der Waals surface area contributed by atoms with Crippen molar-refractivity contribution in [1.29, 1.82) is 0 Å². The molecule has 1 unspecified atom stereocenters. The van der Waals surface area contributed by atoms with E-state index in [1.54, 1.807) is 4.90 Å². The van der Waals surface area contributed by atoms with Crippen LogP contribution in [0.3, 0.4) is 0 Å². The molecule has 0 spiro atoms. The van der Waals surface area contributed by atoms with E-state index in [1.165, 1.54) is 0 Å². The number of nitrogens with two attached hydrogens (primary N) is 1. The first kappa shape index (κ1) is 10.3. The molecular weight excluding hydrogens is 170 g/mol. The zero-order valence-electron chi connectivity index (χ0n) is 7.95. The molecule has 1 rings (SSSR count). The molecule has 0 aromatic rings. The molecule has 1 aliphatic rings. The Kier molecular flexibility index (Phi) is 3.98. The summed E-state index contributed by atoms with van der Waals surface area (Å²) < 4.78 is 5.13. The summed E-state index contributed by atoms with van der Waals surface area (Å²) in [6.07, 6.45) is 0. The van der Waals surface area contributed by atoms with Crippen LogP contribution in [-0.4, -0.2) is 49.8 Å². The molecule has 0 radical (unpaired) electrons. The van der Waals surface area contributed by atoms with E-state index < -0.39 is 0 Å². The van der Waals surface area contributed by atoms with Gasteiger partial charge < -0.3 is 20.7 Å². The fourth-order valence-electron chi connectivity index (χ4n) is 1.13. The van der Waals surface area contributed by atoms with Gasteiger partial charge in [0, 0.05) is 25.7 Å². The highest BCUT2D eigenvalue weighted by molar-refractivity contribution is 5.74. The first-order valence-electron chi connectivity index (χ1n) is 4.56. The van der Waals surface area contributed by atoms with Crippen LogP contribution in [0.15, 0.2) is 0 Å². The molecule has 0 aromatic heterocycles. The van der Waals surface area contributed by atoms with Crippen LogP contribution in [0.1, 0.15) is 6.92 Å². The molecule has 5 heteroatoms.